The van der Waals surface area contributed by atoms with Gasteiger partial charge in [0.1, 0.15) is 11.5 Å². The Morgan fingerprint density at radius 2 is 1.03 bits per heavy atom. The molecule has 60 heavy (non-hydrogen) atoms. The number of anilines is 2. The number of fused-ring (bicyclic) bond motifs is 11. The molecule has 0 atom stereocenters. The molecule has 0 N–H and O–H groups in total. The maximum absolute atomic E-state index is 6.61. The summed E-state index contributed by atoms with van der Waals surface area (Å²) in [7, 11) is 0. The van der Waals surface area contributed by atoms with Crippen LogP contribution in [-0.4, -0.2) is 0 Å². The first kappa shape index (κ1) is 35.5. The molecule has 0 fully saturated rings. The van der Waals surface area contributed by atoms with Crippen molar-refractivity contribution in [2.75, 3.05) is 4.90 Å². The largest absolute Gasteiger partial charge is 0.456 e. The molecule has 2 heteroatoms. The predicted molar refractivity (Wildman–Crippen MR) is 250 cm³/mol. The van der Waals surface area contributed by atoms with Gasteiger partial charge in [0, 0.05) is 28.1 Å². The van der Waals surface area contributed by atoms with Crippen molar-refractivity contribution < 1.29 is 4.74 Å². The molecule has 3 aliphatic rings. The summed E-state index contributed by atoms with van der Waals surface area (Å²) in [5.74, 6) is 1.70. The number of hydrogen-bond donors (Lipinski definition) is 0. The van der Waals surface area contributed by atoms with Gasteiger partial charge < -0.3 is 9.64 Å². The molecule has 8 aromatic rings. The van der Waals surface area contributed by atoms with E-state index in [1.54, 1.807) is 0 Å². The van der Waals surface area contributed by atoms with Crippen molar-refractivity contribution in [2.45, 2.75) is 12.3 Å². The van der Waals surface area contributed by atoms with Gasteiger partial charge in [0.15, 0.2) is 0 Å². The lowest BCUT2D eigenvalue weighted by atomic mass is 9.65. The number of rotatable bonds is 6. The highest BCUT2D eigenvalue weighted by atomic mass is 16.5. The van der Waals surface area contributed by atoms with Gasteiger partial charge >= 0.3 is 0 Å². The Labute approximate surface area is 352 Å². The van der Waals surface area contributed by atoms with E-state index in [9.17, 15) is 0 Å². The first-order chi connectivity index (χ1) is 29.6. The van der Waals surface area contributed by atoms with Crippen LogP contribution < -0.4 is 9.64 Å². The number of nitrogens with zero attached hydrogens (tertiary/aromatic N) is 1. The van der Waals surface area contributed by atoms with Crippen LogP contribution in [-0.2, 0) is 5.41 Å². The number of ether oxygens (including phenoxy) is 1. The molecule has 1 heterocycles. The Bertz CT molecular complexity index is 3060. The number of hydrogen-bond acceptors (Lipinski definition) is 2. The molecule has 0 radical (unpaired) electrons. The fraction of sp³-hybridized carbons (Fsp3) is 0.0345. The Morgan fingerprint density at radius 3 is 1.70 bits per heavy atom. The van der Waals surface area contributed by atoms with Crippen molar-refractivity contribution in [1.29, 1.82) is 0 Å². The van der Waals surface area contributed by atoms with Crippen LogP contribution in [0.2, 0.25) is 0 Å². The molecule has 8 aromatic carbocycles. The highest BCUT2D eigenvalue weighted by molar-refractivity contribution is 5.97. The second-order valence-electron chi connectivity index (χ2n) is 15.7. The van der Waals surface area contributed by atoms with E-state index < -0.39 is 5.41 Å². The molecule has 1 aliphatic heterocycles. The smallest absolute Gasteiger partial charge is 0.135 e. The van der Waals surface area contributed by atoms with Crippen molar-refractivity contribution in [2.24, 2.45) is 0 Å². The van der Waals surface area contributed by atoms with Crippen LogP contribution in [0, 0.1) is 0 Å². The minimum Gasteiger partial charge on any atom is -0.456 e. The lowest BCUT2D eigenvalue weighted by Gasteiger charge is -2.36. The summed E-state index contributed by atoms with van der Waals surface area (Å²) in [5, 5.41) is 0. The van der Waals surface area contributed by atoms with E-state index in [1.807, 2.05) is 12.1 Å². The average molecular weight is 768 g/mol. The van der Waals surface area contributed by atoms with Crippen LogP contribution in [0.25, 0.3) is 51.1 Å². The SMILES string of the molecule is C=CC1=C(/C=C(\C)N(c2ccc3c(c2)-c2ccccc2Oc2ccccc2-3)c2ccccc2-c2ccccc2)c2ccccc2C12c1ccccc1C=Cc1ccccc12. The zero-order chi connectivity index (χ0) is 40.2. The third-order valence-corrected chi connectivity index (χ3v) is 12.5. The van der Waals surface area contributed by atoms with Crippen molar-refractivity contribution in [1.82, 2.24) is 0 Å². The van der Waals surface area contributed by atoms with E-state index in [2.05, 4.69) is 225 Å². The number of allylic oxidation sites excluding steroid dienone is 5. The summed E-state index contributed by atoms with van der Waals surface area (Å²) in [6.45, 7) is 6.84. The molecule has 2 nitrogen and oxygen atoms in total. The van der Waals surface area contributed by atoms with E-state index in [4.69, 9.17) is 4.74 Å². The normalized spacial score (nSPS) is 14.1. The van der Waals surface area contributed by atoms with E-state index in [0.29, 0.717) is 0 Å². The first-order valence-electron chi connectivity index (χ1n) is 20.6. The minimum atomic E-state index is -0.574. The minimum absolute atomic E-state index is 0.574. The highest BCUT2D eigenvalue weighted by Crippen LogP contribution is 2.58. The highest BCUT2D eigenvalue weighted by Gasteiger charge is 2.48. The van der Waals surface area contributed by atoms with E-state index in [1.165, 1.54) is 39.0 Å². The van der Waals surface area contributed by atoms with Crippen LogP contribution in [0.4, 0.5) is 11.4 Å². The lowest BCUT2D eigenvalue weighted by Crippen LogP contribution is -2.30. The van der Waals surface area contributed by atoms with Crippen LogP contribution in [0.15, 0.2) is 224 Å². The van der Waals surface area contributed by atoms with Gasteiger partial charge in [-0.25, -0.2) is 0 Å². The summed E-state index contributed by atoms with van der Waals surface area (Å²) in [4.78, 5) is 2.43. The Morgan fingerprint density at radius 1 is 0.500 bits per heavy atom. The Kier molecular flexibility index (Phi) is 8.46. The third kappa shape index (κ3) is 5.42. The monoisotopic (exact) mass is 767 g/mol. The first-order valence-corrected chi connectivity index (χ1v) is 20.6. The maximum Gasteiger partial charge on any atom is 0.135 e. The Hall–Kier alpha value is -7.68. The maximum atomic E-state index is 6.61. The predicted octanol–water partition coefficient (Wildman–Crippen LogP) is 15.3. The molecule has 0 bridgehead atoms. The molecular weight excluding hydrogens is 727 g/mol. The third-order valence-electron chi connectivity index (χ3n) is 12.5. The number of para-hydroxylation sites is 3. The second kappa shape index (κ2) is 14.3. The van der Waals surface area contributed by atoms with E-state index in [0.717, 1.165) is 67.5 Å². The molecule has 0 saturated carbocycles. The van der Waals surface area contributed by atoms with E-state index >= 15 is 0 Å². The van der Waals surface area contributed by atoms with Crippen molar-refractivity contribution in [3.05, 3.63) is 258 Å². The van der Waals surface area contributed by atoms with Gasteiger partial charge in [0.05, 0.1) is 11.1 Å². The van der Waals surface area contributed by atoms with E-state index in [-0.39, 0.29) is 0 Å². The van der Waals surface area contributed by atoms with Crippen molar-refractivity contribution >= 4 is 29.1 Å². The van der Waals surface area contributed by atoms with Gasteiger partial charge in [0.2, 0.25) is 0 Å². The lowest BCUT2D eigenvalue weighted by molar-refractivity contribution is 0.488. The number of benzene rings is 8. The Balaban J connectivity index is 1.19. The zero-order valence-corrected chi connectivity index (χ0v) is 33.3. The quantitative estimate of drug-likeness (QED) is 0.167. The summed E-state index contributed by atoms with van der Waals surface area (Å²) < 4.78 is 6.61. The van der Waals surface area contributed by atoms with Gasteiger partial charge in [-0.15, -0.1) is 0 Å². The summed E-state index contributed by atoms with van der Waals surface area (Å²) in [6, 6.07) is 69.7. The van der Waals surface area contributed by atoms with Gasteiger partial charge in [-0.2, -0.15) is 0 Å². The molecule has 0 unspecified atom stereocenters. The van der Waals surface area contributed by atoms with Crippen molar-refractivity contribution in [3.63, 3.8) is 0 Å². The second-order valence-corrected chi connectivity index (χ2v) is 15.7. The molecule has 0 amide bonds. The topological polar surface area (TPSA) is 12.5 Å². The molecule has 0 aromatic heterocycles. The van der Waals surface area contributed by atoms with Crippen molar-refractivity contribution in [3.8, 4) is 44.9 Å². The molecule has 1 spiro atoms. The van der Waals surface area contributed by atoms with Crippen LogP contribution in [0.5, 0.6) is 11.5 Å². The summed E-state index contributed by atoms with van der Waals surface area (Å²) in [6.07, 6.45) is 9.05. The fourth-order valence-corrected chi connectivity index (χ4v) is 9.97. The van der Waals surface area contributed by atoms with Crippen LogP contribution in [0.1, 0.15) is 40.3 Å². The average Bonchev–Trinajstić information content (AvgIpc) is 3.38. The summed E-state index contributed by atoms with van der Waals surface area (Å²) >= 11 is 0. The van der Waals surface area contributed by atoms with Gasteiger partial charge in [-0.05, 0) is 105 Å². The standard InChI is InChI=1S/C58H41NO/c1-3-51-50(46-24-9-15-29-54(46)58(51)52-27-13-7-21-41(52)33-34-42-22-8-14-28-53(42)58)37-39(2)59(55-30-16-10-23-44(55)40-19-5-4-6-20-40)43-35-36-45-47-25-11-17-31-56(47)60-57-32-18-12-26-48(57)49(45)38-43/h3-38H,1H2,2H3/b39-37+. The van der Waals surface area contributed by atoms with Gasteiger partial charge in [0.25, 0.3) is 0 Å². The molecular formula is C58H41NO. The molecule has 284 valence electrons. The molecule has 11 rings (SSSR count). The van der Waals surface area contributed by atoms with Crippen LogP contribution in [0.3, 0.4) is 0 Å². The van der Waals surface area contributed by atoms with Crippen LogP contribution >= 0.6 is 0 Å². The molecule has 0 saturated heterocycles. The summed E-state index contributed by atoms with van der Waals surface area (Å²) in [5.41, 5.74) is 19.1. The van der Waals surface area contributed by atoms with Gasteiger partial charge in [-0.1, -0.05) is 189 Å². The fourth-order valence-electron chi connectivity index (χ4n) is 9.97. The zero-order valence-electron chi connectivity index (χ0n) is 33.3. The molecule has 2 aliphatic carbocycles. The van der Waals surface area contributed by atoms with Gasteiger partial charge in [-0.3, -0.25) is 0 Å².